The topological polar surface area (TPSA) is 70.4 Å². The van der Waals surface area contributed by atoms with E-state index in [9.17, 15) is 9.18 Å². The molecule has 0 radical (unpaired) electrons. The zero-order valence-electron chi connectivity index (χ0n) is 18.2. The average Bonchev–Trinajstić information content (AvgIpc) is 2.76. The van der Waals surface area contributed by atoms with Crippen molar-refractivity contribution in [2.75, 3.05) is 12.4 Å². The highest BCUT2D eigenvalue weighted by Crippen LogP contribution is 2.33. The van der Waals surface area contributed by atoms with E-state index < -0.39 is 0 Å². The molecule has 1 aliphatic carbocycles. The number of nitrogens with zero attached hydrogens (tertiary/aromatic N) is 1. The van der Waals surface area contributed by atoms with Gasteiger partial charge in [-0.2, -0.15) is 0 Å². The number of carbonyl (C=O) groups is 1. The first-order valence-electron chi connectivity index (χ1n) is 10.8. The minimum absolute atomic E-state index is 0.0269. The molecule has 3 rings (SSSR count). The van der Waals surface area contributed by atoms with Crippen LogP contribution < -0.4 is 16.4 Å². The molecule has 162 valence electrons. The Balaban J connectivity index is 1.86. The Labute approximate surface area is 178 Å². The van der Waals surface area contributed by atoms with E-state index in [0.29, 0.717) is 12.1 Å². The van der Waals surface area contributed by atoms with Crippen LogP contribution in [0.1, 0.15) is 61.9 Å². The molecule has 6 heteroatoms. The second-order valence-corrected chi connectivity index (χ2v) is 8.07. The lowest BCUT2D eigenvalue weighted by Gasteiger charge is -2.38. The number of hydrogen-bond donors (Lipinski definition) is 3. The van der Waals surface area contributed by atoms with E-state index in [4.69, 9.17) is 5.73 Å². The molecular weight excluding hydrogens is 379 g/mol. The van der Waals surface area contributed by atoms with Gasteiger partial charge in [0.25, 0.3) is 5.91 Å². The Kier molecular flexibility index (Phi) is 7.32. The number of nitrogens with two attached hydrogens (primary N) is 1. The van der Waals surface area contributed by atoms with Crippen molar-refractivity contribution in [2.24, 2.45) is 5.73 Å². The molecule has 2 atom stereocenters. The predicted octanol–water partition coefficient (Wildman–Crippen LogP) is 4.59. The standard InChI is InChI=1S/C24H33FN4O/c1-4-20(26)21(14-13-16(2)25)27-15-18-11-8-12-19-22(18)28-23(29(3)24(19)30)17-9-6-5-7-10-17/h8-9,11-14,20,23,27-28H,4-7,10,15,26H2,1-3H3/b16-13+,21-14+. The van der Waals surface area contributed by atoms with Gasteiger partial charge in [0, 0.05) is 25.3 Å². The zero-order chi connectivity index (χ0) is 21.7. The van der Waals surface area contributed by atoms with Crippen molar-refractivity contribution in [2.45, 2.75) is 64.7 Å². The summed E-state index contributed by atoms with van der Waals surface area (Å²) < 4.78 is 13.2. The van der Waals surface area contributed by atoms with Gasteiger partial charge in [0.05, 0.1) is 17.1 Å². The van der Waals surface area contributed by atoms with Crippen LogP contribution in [0.15, 0.2) is 53.5 Å². The first-order valence-corrected chi connectivity index (χ1v) is 10.8. The number of para-hydroxylation sites is 1. The van der Waals surface area contributed by atoms with Gasteiger partial charge >= 0.3 is 0 Å². The van der Waals surface area contributed by atoms with Crippen molar-refractivity contribution in [1.29, 1.82) is 0 Å². The third-order valence-electron chi connectivity index (χ3n) is 5.86. The van der Waals surface area contributed by atoms with Gasteiger partial charge in [-0.1, -0.05) is 25.1 Å². The number of benzene rings is 1. The number of fused-ring (bicyclic) bond motifs is 1. The van der Waals surface area contributed by atoms with Crippen molar-refractivity contribution >= 4 is 11.6 Å². The molecule has 4 N–H and O–H groups in total. The highest BCUT2D eigenvalue weighted by molar-refractivity contribution is 6.02. The number of halogens is 1. The van der Waals surface area contributed by atoms with Gasteiger partial charge < -0.3 is 21.3 Å². The maximum atomic E-state index is 13.2. The molecule has 1 amide bonds. The van der Waals surface area contributed by atoms with E-state index in [1.165, 1.54) is 25.0 Å². The number of anilines is 1. The lowest BCUT2D eigenvalue weighted by atomic mass is 9.94. The summed E-state index contributed by atoms with van der Waals surface area (Å²) in [5.41, 5.74) is 10.8. The Morgan fingerprint density at radius 1 is 1.40 bits per heavy atom. The van der Waals surface area contributed by atoms with Gasteiger partial charge in [-0.15, -0.1) is 0 Å². The third-order valence-corrected chi connectivity index (χ3v) is 5.86. The Hall–Kier alpha value is -2.60. The van der Waals surface area contributed by atoms with Crippen LogP contribution in [0.5, 0.6) is 0 Å². The van der Waals surface area contributed by atoms with Crippen LogP contribution in [0.3, 0.4) is 0 Å². The van der Waals surface area contributed by atoms with E-state index >= 15 is 0 Å². The number of carbonyl (C=O) groups excluding carboxylic acids is 1. The van der Waals surface area contributed by atoms with E-state index in [1.807, 2.05) is 32.2 Å². The third kappa shape index (κ3) is 4.93. The Morgan fingerprint density at radius 3 is 2.87 bits per heavy atom. The molecule has 1 aliphatic heterocycles. The summed E-state index contributed by atoms with van der Waals surface area (Å²) >= 11 is 0. The second kappa shape index (κ2) is 9.94. The monoisotopic (exact) mass is 412 g/mol. The summed E-state index contributed by atoms with van der Waals surface area (Å²) in [5.74, 6) is -0.243. The number of amides is 1. The fraction of sp³-hybridized carbons (Fsp3) is 0.458. The number of nitrogens with one attached hydrogen (secondary N) is 2. The van der Waals surface area contributed by atoms with Crippen molar-refractivity contribution in [1.82, 2.24) is 10.2 Å². The molecule has 0 spiro atoms. The van der Waals surface area contributed by atoms with Gasteiger partial charge in [0.15, 0.2) is 0 Å². The highest BCUT2D eigenvalue weighted by Gasteiger charge is 2.32. The largest absolute Gasteiger partial charge is 0.383 e. The van der Waals surface area contributed by atoms with Crippen LogP contribution in [-0.2, 0) is 6.54 Å². The molecule has 2 aliphatic rings. The van der Waals surface area contributed by atoms with Crippen LogP contribution in [0, 0.1) is 0 Å². The SMILES string of the molecule is CCC(N)/C(=C\C=C(/C)F)NCc1cccc2c1NC(C1=CCCCC1)N(C)C2=O. The van der Waals surface area contributed by atoms with Crippen LogP contribution >= 0.6 is 0 Å². The smallest absolute Gasteiger partial charge is 0.257 e. The summed E-state index contributed by atoms with van der Waals surface area (Å²) in [6.45, 7) is 3.90. The molecule has 1 aromatic rings. The van der Waals surface area contributed by atoms with E-state index in [1.54, 1.807) is 11.0 Å². The molecule has 0 fully saturated rings. The minimum Gasteiger partial charge on any atom is -0.383 e. The number of rotatable bonds is 7. The van der Waals surface area contributed by atoms with Crippen molar-refractivity contribution in [3.8, 4) is 0 Å². The average molecular weight is 413 g/mol. The molecule has 5 nitrogen and oxygen atoms in total. The summed E-state index contributed by atoms with van der Waals surface area (Å²) in [6.07, 6.45) is 10.4. The quantitative estimate of drug-likeness (QED) is 0.452. The van der Waals surface area contributed by atoms with Crippen LogP contribution in [0.25, 0.3) is 0 Å². The number of hydrogen-bond acceptors (Lipinski definition) is 4. The predicted molar refractivity (Wildman–Crippen MR) is 121 cm³/mol. The van der Waals surface area contributed by atoms with Gasteiger partial charge in [-0.05, 0) is 68.4 Å². The lowest BCUT2D eigenvalue weighted by Crippen LogP contribution is -2.48. The first kappa shape index (κ1) is 22.1. The summed E-state index contributed by atoms with van der Waals surface area (Å²) in [6, 6.07) is 5.56. The van der Waals surface area contributed by atoms with Gasteiger partial charge in [0.1, 0.15) is 6.17 Å². The molecule has 0 aromatic heterocycles. The zero-order valence-corrected chi connectivity index (χ0v) is 18.2. The normalized spacial score (nSPS) is 21.0. The lowest BCUT2D eigenvalue weighted by molar-refractivity contribution is 0.0754. The maximum Gasteiger partial charge on any atom is 0.257 e. The molecule has 0 saturated heterocycles. The molecule has 0 bridgehead atoms. The van der Waals surface area contributed by atoms with Crippen LogP contribution in [0.4, 0.5) is 10.1 Å². The molecular formula is C24H33FN4O. The summed E-state index contributed by atoms with van der Waals surface area (Å²) in [7, 11) is 1.86. The fourth-order valence-electron chi connectivity index (χ4n) is 4.03. The van der Waals surface area contributed by atoms with E-state index in [0.717, 1.165) is 42.6 Å². The van der Waals surface area contributed by atoms with Gasteiger partial charge in [-0.3, -0.25) is 4.79 Å². The molecule has 30 heavy (non-hydrogen) atoms. The number of likely N-dealkylation sites (N-methyl/N-ethyl adjacent to an activating group) is 1. The first-order chi connectivity index (χ1) is 14.4. The fourth-order valence-corrected chi connectivity index (χ4v) is 4.03. The summed E-state index contributed by atoms with van der Waals surface area (Å²) in [5, 5.41) is 6.96. The highest BCUT2D eigenvalue weighted by atomic mass is 19.1. The van der Waals surface area contributed by atoms with Crippen molar-refractivity contribution < 1.29 is 9.18 Å². The van der Waals surface area contributed by atoms with Gasteiger partial charge in [-0.25, -0.2) is 4.39 Å². The minimum atomic E-state index is -0.270. The Bertz CT molecular complexity index is 870. The van der Waals surface area contributed by atoms with Crippen molar-refractivity contribution in [3.05, 3.63) is 64.7 Å². The van der Waals surface area contributed by atoms with Crippen molar-refractivity contribution in [3.63, 3.8) is 0 Å². The number of allylic oxidation sites excluding steroid dienone is 4. The Morgan fingerprint density at radius 2 is 2.20 bits per heavy atom. The maximum absolute atomic E-state index is 13.2. The summed E-state index contributed by atoms with van der Waals surface area (Å²) in [4.78, 5) is 14.8. The molecule has 1 heterocycles. The van der Waals surface area contributed by atoms with E-state index in [2.05, 4.69) is 16.7 Å². The molecule has 1 aromatic carbocycles. The molecule has 2 unspecified atom stereocenters. The van der Waals surface area contributed by atoms with Gasteiger partial charge in [0.2, 0.25) is 0 Å². The molecule has 0 saturated carbocycles. The van der Waals surface area contributed by atoms with Crippen LogP contribution in [0.2, 0.25) is 0 Å². The second-order valence-electron chi connectivity index (χ2n) is 8.07. The van der Waals surface area contributed by atoms with Crippen LogP contribution in [-0.4, -0.2) is 30.1 Å². The van der Waals surface area contributed by atoms with E-state index in [-0.39, 0.29) is 23.9 Å².